The highest BCUT2D eigenvalue weighted by atomic mass is 16.5. The Morgan fingerprint density at radius 1 is 1.50 bits per heavy atom. The van der Waals surface area contributed by atoms with Gasteiger partial charge in [0.15, 0.2) is 0 Å². The van der Waals surface area contributed by atoms with E-state index < -0.39 is 0 Å². The summed E-state index contributed by atoms with van der Waals surface area (Å²) in [5.74, 6) is -0.159. The quantitative estimate of drug-likeness (QED) is 0.486. The summed E-state index contributed by atoms with van der Waals surface area (Å²) in [7, 11) is 0. The maximum atomic E-state index is 11.1. The van der Waals surface area contributed by atoms with Gasteiger partial charge in [-0.3, -0.25) is 4.79 Å². The lowest BCUT2D eigenvalue weighted by Crippen LogP contribution is -2.35. The maximum Gasteiger partial charge on any atom is 0.322 e. The van der Waals surface area contributed by atoms with Crippen LogP contribution < -0.4 is 5.32 Å². The van der Waals surface area contributed by atoms with Gasteiger partial charge in [-0.05, 0) is 26.8 Å². The zero-order valence-electron chi connectivity index (χ0n) is 8.22. The summed E-state index contributed by atoms with van der Waals surface area (Å²) in [6.07, 6.45) is 2.24. The topological polar surface area (TPSA) is 38.3 Å². The van der Waals surface area contributed by atoms with Crippen LogP contribution in [-0.4, -0.2) is 25.2 Å². The van der Waals surface area contributed by atoms with Crippen LogP contribution in [0.4, 0.5) is 0 Å². The average Bonchev–Trinajstić information content (AvgIpc) is 2.05. The smallest absolute Gasteiger partial charge is 0.322 e. The van der Waals surface area contributed by atoms with Crippen LogP contribution in [0.2, 0.25) is 0 Å². The molecule has 0 fully saturated rings. The molecule has 0 aliphatic rings. The second-order valence-corrected chi connectivity index (χ2v) is 2.78. The number of esters is 1. The van der Waals surface area contributed by atoms with Gasteiger partial charge in [-0.15, -0.1) is 0 Å². The molecule has 0 radical (unpaired) electrons. The summed E-state index contributed by atoms with van der Waals surface area (Å²) in [6.45, 7) is 7.11. The molecule has 0 saturated carbocycles. The molecule has 3 nitrogen and oxygen atoms in total. The van der Waals surface area contributed by atoms with E-state index >= 15 is 0 Å². The first-order valence-corrected chi connectivity index (χ1v) is 4.62. The first-order chi connectivity index (χ1) is 5.72. The van der Waals surface area contributed by atoms with Crippen LogP contribution in [0.3, 0.4) is 0 Å². The van der Waals surface area contributed by atoms with E-state index in [4.69, 9.17) is 4.74 Å². The Labute approximate surface area is 74.5 Å². The van der Waals surface area contributed by atoms with Gasteiger partial charge >= 0.3 is 5.97 Å². The van der Waals surface area contributed by atoms with Crippen molar-refractivity contribution in [2.24, 2.45) is 0 Å². The van der Waals surface area contributed by atoms with Crippen LogP contribution in [0, 0.1) is 0 Å². The molecule has 3 heteroatoms. The van der Waals surface area contributed by atoms with E-state index in [0.717, 1.165) is 19.4 Å². The van der Waals surface area contributed by atoms with Gasteiger partial charge in [0, 0.05) is 0 Å². The van der Waals surface area contributed by atoms with Gasteiger partial charge in [0.25, 0.3) is 0 Å². The van der Waals surface area contributed by atoms with Crippen molar-refractivity contribution in [1.82, 2.24) is 5.32 Å². The van der Waals surface area contributed by atoms with E-state index in [-0.39, 0.29) is 12.0 Å². The number of nitrogens with one attached hydrogen (secondary N) is 1. The minimum Gasteiger partial charge on any atom is -0.465 e. The van der Waals surface area contributed by atoms with Crippen LogP contribution in [0.25, 0.3) is 0 Å². The second-order valence-electron chi connectivity index (χ2n) is 2.78. The van der Waals surface area contributed by atoms with E-state index in [0.29, 0.717) is 6.61 Å². The van der Waals surface area contributed by atoms with Crippen LogP contribution in [0.5, 0.6) is 0 Å². The maximum absolute atomic E-state index is 11.1. The van der Waals surface area contributed by atoms with Gasteiger partial charge in [0.1, 0.15) is 6.04 Å². The molecule has 0 rings (SSSR count). The number of unbranched alkanes of at least 4 members (excludes halogenated alkanes) is 1. The van der Waals surface area contributed by atoms with Gasteiger partial charge in [0.2, 0.25) is 0 Å². The van der Waals surface area contributed by atoms with Gasteiger partial charge in [-0.25, -0.2) is 0 Å². The highest BCUT2D eigenvalue weighted by Crippen LogP contribution is 1.89. The van der Waals surface area contributed by atoms with Crippen molar-refractivity contribution in [3.05, 3.63) is 0 Å². The fraction of sp³-hybridized carbons (Fsp3) is 0.889. The number of rotatable bonds is 6. The number of carbonyl (C=O) groups is 1. The number of carbonyl (C=O) groups excluding carboxylic acids is 1. The molecule has 0 aliphatic heterocycles. The van der Waals surface area contributed by atoms with Crippen molar-refractivity contribution in [3.8, 4) is 0 Å². The van der Waals surface area contributed by atoms with E-state index in [2.05, 4.69) is 12.2 Å². The van der Waals surface area contributed by atoms with Gasteiger partial charge in [0.05, 0.1) is 6.61 Å². The van der Waals surface area contributed by atoms with Crippen LogP contribution >= 0.6 is 0 Å². The van der Waals surface area contributed by atoms with Crippen molar-refractivity contribution < 1.29 is 9.53 Å². The van der Waals surface area contributed by atoms with Crippen LogP contribution in [0.1, 0.15) is 33.6 Å². The molecule has 0 heterocycles. The zero-order valence-corrected chi connectivity index (χ0v) is 8.22. The first kappa shape index (κ1) is 11.4. The highest BCUT2D eigenvalue weighted by molar-refractivity contribution is 5.75. The molecule has 0 amide bonds. The third-order valence-corrected chi connectivity index (χ3v) is 1.62. The van der Waals surface area contributed by atoms with Gasteiger partial charge < -0.3 is 10.1 Å². The molecular formula is C9H19NO2. The van der Waals surface area contributed by atoms with Crippen molar-refractivity contribution in [1.29, 1.82) is 0 Å². The summed E-state index contributed by atoms with van der Waals surface area (Å²) >= 11 is 0. The zero-order chi connectivity index (χ0) is 9.40. The molecule has 0 aromatic heterocycles. The summed E-state index contributed by atoms with van der Waals surface area (Å²) in [4.78, 5) is 11.1. The number of ether oxygens (including phenoxy) is 1. The molecule has 1 unspecified atom stereocenters. The Kier molecular flexibility index (Phi) is 6.76. The minimum atomic E-state index is -0.170. The van der Waals surface area contributed by atoms with Gasteiger partial charge in [-0.1, -0.05) is 13.3 Å². The van der Waals surface area contributed by atoms with Crippen molar-refractivity contribution in [3.63, 3.8) is 0 Å². The molecule has 12 heavy (non-hydrogen) atoms. The van der Waals surface area contributed by atoms with E-state index in [1.165, 1.54) is 0 Å². The SMILES string of the molecule is CCCCNC(C)C(=O)OCC. The minimum absolute atomic E-state index is 0.159. The summed E-state index contributed by atoms with van der Waals surface area (Å²) in [5.41, 5.74) is 0. The molecule has 0 saturated heterocycles. The molecule has 1 atom stereocenters. The molecule has 0 aromatic carbocycles. The Bertz CT molecular complexity index is 126. The van der Waals surface area contributed by atoms with Crippen molar-refractivity contribution in [2.45, 2.75) is 39.7 Å². The Hall–Kier alpha value is -0.570. The Balaban J connectivity index is 3.42. The predicted molar refractivity (Wildman–Crippen MR) is 49.0 cm³/mol. The number of hydrogen-bond donors (Lipinski definition) is 1. The first-order valence-electron chi connectivity index (χ1n) is 4.62. The molecule has 0 bridgehead atoms. The largest absolute Gasteiger partial charge is 0.465 e. The standard InChI is InChI=1S/C9H19NO2/c1-4-6-7-10-8(3)9(11)12-5-2/h8,10H,4-7H2,1-3H3. The molecule has 0 aliphatic carbocycles. The summed E-state index contributed by atoms with van der Waals surface area (Å²) in [5, 5.41) is 3.09. The van der Waals surface area contributed by atoms with E-state index in [1.54, 1.807) is 0 Å². The fourth-order valence-corrected chi connectivity index (χ4v) is 0.846. The molecule has 0 spiro atoms. The van der Waals surface area contributed by atoms with Crippen LogP contribution in [-0.2, 0) is 9.53 Å². The van der Waals surface area contributed by atoms with E-state index in [1.807, 2.05) is 13.8 Å². The van der Waals surface area contributed by atoms with Crippen molar-refractivity contribution in [2.75, 3.05) is 13.2 Å². The lowest BCUT2D eigenvalue weighted by Gasteiger charge is -2.11. The van der Waals surface area contributed by atoms with Crippen LogP contribution in [0.15, 0.2) is 0 Å². The fourth-order valence-electron chi connectivity index (χ4n) is 0.846. The third kappa shape index (κ3) is 5.13. The molecule has 72 valence electrons. The highest BCUT2D eigenvalue weighted by Gasteiger charge is 2.11. The lowest BCUT2D eigenvalue weighted by molar-refractivity contribution is -0.145. The predicted octanol–water partition coefficient (Wildman–Crippen LogP) is 1.33. The Morgan fingerprint density at radius 2 is 2.17 bits per heavy atom. The molecule has 0 aromatic rings. The molecule has 1 N–H and O–H groups in total. The summed E-state index contributed by atoms with van der Waals surface area (Å²) < 4.78 is 4.83. The third-order valence-electron chi connectivity index (χ3n) is 1.62. The number of hydrogen-bond acceptors (Lipinski definition) is 3. The summed E-state index contributed by atoms with van der Waals surface area (Å²) in [6, 6.07) is -0.170. The Morgan fingerprint density at radius 3 is 2.67 bits per heavy atom. The van der Waals surface area contributed by atoms with E-state index in [9.17, 15) is 4.79 Å². The average molecular weight is 173 g/mol. The lowest BCUT2D eigenvalue weighted by atomic mass is 10.3. The second kappa shape index (κ2) is 7.10. The normalized spacial score (nSPS) is 12.6. The monoisotopic (exact) mass is 173 g/mol. The van der Waals surface area contributed by atoms with Gasteiger partial charge in [-0.2, -0.15) is 0 Å². The van der Waals surface area contributed by atoms with Crippen molar-refractivity contribution >= 4 is 5.97 Å². The molecular weight excluding hydrogens is 154 g/mol.